The van der Waals surface area contributed by atoms with E-state index in [9.17, 15) is 9.13 Å². The summed E-state index contributed by atoms with van der Waals surface area (Å²) in [5.74, 6) is 1.58. The molecule has 0 amide bonds. The fraction of sp³-hybridized carbons (Fsp3) is 0.118. The van der Waals surface area contributed by atoms with Crippen LogP contribution in [0.4, 0.5) is 0 Å². The molecule has 5 aromatic carbocycles. The summed E-state index contributed by atoms with van der Waals surface area (Å²) in [6, 6.07) is 34.0. The van der Waals surface area contributed by atoms with Gasteiger partial charge in [0.15, 0.2) is 0 Å². The first-order valence-electron chi connectivity index (χ1n) is 13.8. The summed E-state index contributed by atoms with van der Waals surface area (Å²) >= 11 is 0. The van der Waals surface area contributed by atoms with Crippen LogP contribution in [0.5, 0.6) is 34.5 Å². The molecule has 0 fully saturated rings. The van der Waals surface area contributed by atoms with Gasteiger partial charge in [-0.3, -0.25) is 0 Å². The second kappa shape index (κ2) is 13.3. The lowest BCUT2D eigenvalue weighted by Gasteiger charge is -2.21. The molecule has 0 N–H and O–H groups in total. The maximum Gasteiger partial charge on any atom is 0.647 e. The van der Waals surface area contributed by atoms with E-state index in [0.717, 1.165) is 22.3 Å². The van der Waals surface area contributed by atoms with Crippen LogP contribution in [0.15, 0.2) is 121 Å². The highest BCUT2D eigenvalue weighted by molar-refractivity contribution is 7.50. The van der Waals surface area contributed by atoms with Crippen molar-refractivity contribution in [2.24, 2.45) is 0 Å². The average Bonchev–Trinajstić information content (AvgIpc) is 2.99. The van der Waals surface area contributed by atoms with Gasteiger partial charge in [0.2, 0.25) is 0 Å². The quantitative estimate of drug-likeness (QED) is 0.126. The van der Waals surface area contributed by atoms with Crippen molar-refractivity contribution in [1.29, 1.82) is 0 Å². The molecule has 10 heteroatoms. The van der Waals surface area contributed by atoms with Crippen LogP contribution in [0.25, 0.3) is 0 Å². The normalized spacial score (nSPS) is 11.4. The second-order valence-corrected chi connectivity index (χ2v) is 13.1. The van der Waals surface area contributed by atoms with Crippen molar-refractivity contribution in [1.82, 2.24) is 0 Å². The zero-order valence-electron chi connectivity index (χ0n) is 24.7. The third-order valence-electron chi connectivity index (χ3n) is 6.21. The molecule has 0 unspecified atom stereocenters. The highest BCUT2D eigenvalue weighted by Gasteiger charge is 2.35. The molecule has 0 spiro atoms. The monoisotopic (exact) mass is 630 g/mol. The Morgan fingerprint density at radius 1 is 0.295 bits per heavy atom. The van der Waals surface area contributed by atoms with Crippen LogP contribution in [0.2, 0.25) is 0 Å². The lowest BCUT2D eigenvalue weighted by atomic mass is 10.2. The van der Waals surface area contributed by atoms with E-state index in [2.05, 4.69) is 0 Å². The molecule has 5 aromatic rings. The van der Waals surface area contributed by atoms with Crippen molar-refractivity contribution in [3.63, 3.8) is 0 Å². The van der Waals surface area contributed by atoms with Gasteiger partial charge in [-0.1, -0.05) is 70.8 Å². The number of hydrogen-bond donors (Lipinski definition) is 0. The van der Waals surface area contributed by atoms with Crippen molar-refractivity contribution in [2.45, 2.75) is 27.7 Å². The van der Waals surface area contributed by atoms with Gasteiger partial charge in [0, 0.05) is 0 Å². The van der Waals surface area contributed by atoms with E-state index in [1.165, 1.54) is 24.3 Å². The highest BCUT2D eigenvalue weighted by Crippen LogP contribution is 2.52. The lowest BCUT2D eigenvalue weighted by Crippen LogP contribution is -2.08. The van der Waals surface area contributed by atoms with Gasteiger partial charge in [0.05, 0.1) is 0 Å². The van der Waals surface area contributed by atoms with Gasteiger partial charge in [-0.15, -0.1) is 0 Å². The first kappa shape index (κ1) is 30.8. The summed E-state index contributed by atoms with van der Waals surface area (Å²) in [5, 5.41) is 0. The molecule has 0 aromatic heterocycles. The van der Waals surface area contributed by atoms with Gasteiger partial charge in [-0.25, -0.2) is 0 Å². The SMILES string of the molecule is Cc1ccc(OP(=O)(Oc2ccc(C)cc2)Oc2ccc(OP(=O)(Oc3ccc(C)cc3)Oc3ccc(C)cc3)cc2)cc1. The van der Waals surface area contributed by atoms with E-state index in [1.807, 2.05) is 76.2 Å². The molecular formula is C34H32O8P2. The van der Waals surface area contributed by atoms with Crippen molar-refractivity contribution < 1.29 is 36.3 Å². The van der Waals surface area contributed by atoms with Crippen LogP contribution in [0, 0.1) is 27.7 Å². The minimum absolute atomic E-state index is 0.161. The topological polar surface area (TPSA) is 89.5 Å². The van der Waals surface area contributed by atoms with Crippen molar-refractivity contribution in [3.8, 4) is 34.5 Å². The van der Waals surface area contributed by atoms with E-state index >= 15 is 0 Å². The van der Waals surface area contributed by atoms with Crippen molar-refractivity contribution in [2.75, 3.05) is 0 Å². The van der Waals surface area contributed by atoms with Gasteiger partial charge in [-0.2, -0.15) is 9.13 Å². The highest BCUT2D eigenvalue weighted by atomic mass is 31.2. The summed E-state index contributed by atoms with van der Waals surface area (Å²) in [6.45, 7) is 7.73. The number of aryl methyl sites for hydroxylation is 4. The minimum atomic E-state index is -4.22. The molecule has 0 aliphatic rings. The number of phosphoric ester groups is 2. The maximum absolute atomic E-state index is 13.9. The predicted molar refractivity (Wildman–Crippen MR) is 170 cm³/mol. The standard InChI is InChI=1S/C34H32O8P2/c1-25-5-13-29(14-6-25)37-43(35,38-30-15-7-26(2)8-16-30)41-33-21-23-34(24-22-33)42-44(36,39-31-17-9-27(3)10-18-31)40-32-19-11-28(4)12-20-32/h5-24H,1-4H3. The maximum atomic E-state index is 13.9. The zero-order chi connectivity index (χ0) is 31.2. The van der Waals surface area contributed by atoms with Crippen LogP contribution in [0.3, 0.4) is 0 Å². The first-order chi connectivity index (χ1) is 21.0. The van der Waals surface area contributed by atoms with Crippen LogP contribution < -0.4 is 27.1 Å². The molecule has 8 nitrogen and oxygen atoms in total. The predicted octanol–water partition coefficient (Wildman–Crippen LogP) is 10.2. The van der Waals surface area contributed by atoms with Crippen LogP contribution in [-0.4, -0.2) is 0 Å². The van der Waals surface area contributed by atoms with Crippen LogP contribution in [0.1, 0.15) is 22.3 Å². The molecule has 0 saturated carbocycles. The Hall–Kier alpha value is -4.64. The Morgan fingerprint density at radius 3 is 0.591 bits per heavy atom. The fourth-order valence-corrected chi connectivity index (χ4v) is 6.35. The molecular weight excluding hydrogens is 598 g/mol. The van der Waals surface area contributed by atoms with E-state index in [0.29, 0.717) is 23.0 Å². The number of rotatable bonds is 12. The molecule has 0 bridgehead atoms. The first-order valence-corrected chi connectivity index (χ1v) is 16.7. The summed E-state index contributed by atoms with van der Waals surface area (Å²) in [4.78, 5) is 0. The van der Waals surface area contributed by atoms with Gasteiger partial charge >= 0.3 is 15.6 Å². The number of hydrogen-bond acceptors (Lipinski definition) is 8. The molecule has 0 radical (unpaired) electrons. The molecule has 0 saturated heterocycles. The van der Waals surface area contributed by atoms with Gasteiger partial charge in [-0.05, 0) is 100 Å². The smallest absolute Gasteiger partial charge is 0.386 e. The average molecular weight is 631 g/mol. The lowest BCUT2D eigenvalue weighted by molar-refractivity contribution is 0.294. The zero-order valence-corrected chi connectivity index (χ0v) is 26.5. The van der Waals surface area contributed by atoms with E-state index in [4.69, 9.17) is 27.1 Å². The Balaban J connectivity index is 1.37. The fourth-order valence-electron chi connectivity index (χ4n) is 3.84. The Kier molecular flexibility index (Phi) is 9.34. The van der Waals surface area contributed by atoms with Crippen LogP contribution >= 0.6 is 15.6 Å². The second-order valence-electron chi connectivity index (χ2n) is 10.2. The van der Waals surface area contributed by atoms with Gasteiger partial charge < -0.3 is 27.1 Å². The van der Waals surface area contributed by atoms with Crippen LogP contribution in [-0.2, 0) is 9.13 Å². The summed E-state index contributed by atoms with van der Waals surface area (Å²) in [6.07, 6.45) is 0. The molecule has 0 heterocycles. The number of phosphoric acid groups is 2. The summed E-state index contributed by atoms with van der Waals surface area (Å²) in [5.41, 5.74) is 4.05. The Bertz CT molecular complexity index is 1530. The Morgan fingerprint density at radius 2 is 0.432 bits per heavy atom. The minimum Gasteiger partial charge on any atom is -0.386 e. The Labute approximate surface area is 257 Å². The third kappa shape index (κ3) is 8.70. The summed E-state index contributed by atoms with van der Waals surface area (Å²) in [7, 11) is -8.43. The van der Waals surface area contributed by atoms with E-state index in [1.54, 1.807) is 48.5 Å². The molecule has 0 aliphatic heterocycles. The van der Waals surface area contributed by atoms with E-state index < -0.39 is 15.6 Å². The van der Waals surface area contributed by atoms with Gasteiger partial charge in [0.25, 0.3) is 0 Å². The molecule has 0 atom stereocenters. The third-order valence-corrected chi connectivity index (χ3v) is 8.82. The molecule has 0 aliphatic carbocycles. The largest absolute Gasteiger partial charge is 0.647 e. The van der Waals surface area contributed by atoms with Crippen molar-refractivity contribution in [3.05, 3.63) is 144 Å². The van der Waals surface area contributed by atoms with E-state index in [-0.39, 0.29) is 11.5 Å². The molecule has 44 heavy (non-hydrogen) atoms. The summed E-state index contributed by atoms with van der Waals surface area (Å²) < 4.78 is 62.3. The molecule has 5 rings (SSSR count). The molecule has 226 valence electrons. The number of benzene rings is 5. The van der Waals surface area contributed by atoms with Crippen molar-refractivity contribution >= 4 is 15.6 Å². The van der Waals surface area contributed by atoms with Gasteiger partial charge in [0.1, 0.15) is 34.5 Å².